The minimum absolute atomic E-state index is 0.165. The summed E-state index contributed by atoms with van der Waals surface area (Å²) in [4.78, 5) is 14.5. The van der Waals surface area contributed by atoms with Crippen molar-refractivity contribution in [1.82, 2.24) is 4.98 Å². The molecule has 5 heteroatoms. The number of hydrogen-bond acceptors (Lipinski definition) is 2. The summed E-state index contributed by atoms with van der Waals surface area (Å²) in [5.41, 5.74) is 3.97. The Bertz CT molecular complexity index is 1270. The van der Waals surface area contributed by atoms with Crippen LogP contribution in [-0.4, -0.2) is 11.1 Å². The van der Waals surface area contributed by atoms with Crippen LogP contribution in [-0.2, 0) is 11.3 Å². The van der Waals surface area contributed by atoms with Crippen LogP contribution in [0.2, 0.25) is 0 Å². The molecule has 1 N–H and O–H groups in total. The maximum Gasteiger partial charge on any atom is 0.248 e. The van der Waals surface area contributed by atoms with Gasteiger partial charge in [-0.25, -0.2) is 8.78 Å². The fourth-order valence-corrected chi connectivity index (χ4v) is 3.99. The number of aromatic nitrogens is 1. The number of rotatable bonds is 1. The second-order valence-electron chi connectivity index (χ2n) is 7.28. The van der Waals surface area contributed by atoms with Crippen molar-refractivity contribution in [3.8, 4) is 0 Å². The topological polar surface area (TPSA) is 42.1 Å². The molecule has 5 rings (SSSR count). The van der Waals surface area contributed by atoms with E-state index in [1.165, 1.54) is 30.4 Å². The molecular formula is C24H17F2NO2. The van der Waals surface area contributed by atoms with E-state index in [2.05, 4.69) is 4.98 Å². The zero-order chi connectivity index (χ0) is 20.0. The van der Waals surface area contributed by atoms with E-state index in [1.54, 1.807) is 18.2 Å². The highest BCUT2D eigenvalue weighted by Crippen LogP contribution is 2.39. The van der Waals surface area contributed by atoms with Gasteiger partial charge in [-0.15, -0.1) is 0 Å². The molecule has 0 amide bonds. The molecule has 0 bridgehead atoms. The van der Waals surface area contributed by atoms with Crippen molar-refractivity contribution in [3.05, 3.63) is 105 Å². The van der Waals surface area contributed by atoms with E-state index in [-0.39, 0.29) is 29.7 Å². The van der Waals surface area contributed by atoms with Gasteiger partial charge in [0.05, 0.1) is 12.7 Å². The molecule has 2 heterocycles. The highest BCUT2D eigenvalue weighted by Gasteiger charge is 2.30. The van der Waals surface area contributed by atoms with Crippen LogP contribution >= 0.6 is 0 Å². The normalized spacial score (nSPS) is 22.1. The number of H-pyrrole nitrogens is 1. The second-order valence-corrected chi connectivity index (χ2v) is 7.28. The van der Waals surface area contributed by atoms with Gasteiger partial charge < -0.3 is 9.72 Å². The Hall–Kier alpha value is -3.31. The van der Waals surface area contributed by atoms with E-state index in [1.807, 2.05) is 24.3 Å². The fraction of sp³-hybridized carbons (Fsp3) is 0.125. The maximum absolute atomic E-state index is 13.8. The van der Waals surface area contributed by atoms with Crippen LogP contribution < -0.4 is 5.56 Å². The van der Waals surface area contributed by atoms with Crippen molar-refractivity contribution >= 4 is 22.6 Å². The molecule has 144 valence electrons. The van der Waals surface area contributed by atoms with Crippen LogP contribution in [0.3, 0.4) is 0 Å². The summed E-state index contributed by atoms with van der Waals surface area (Å²) in [6, 6.07) is 13.7. The number of halogens is 2. The van der Waals surface area contributed by atoms with Crippen molar-refractivity contribution in [1.29, 1.82) is 0 Å². The Balaban J connectivity index is 1.69. The molecule has 3 nitrogen and oxygen atoms in total. The predicted octanol–water partition coefficient (Wildman–Crippen LogP) is 5.15. The van der Waals surface area contributed by atoms with Gasteiger partial charge in [0.15, 0.2) is 0 Å². The van der Waals surface area contributed by atoms with E-state index in [9.17, 15) is 13.6 Å². The first-order valence-electron chi connectivity index (χ1n) is 9.37. The lowest BCUT2D eigenvalue weighted by atomic mass is 9.83. The smallest absolute Gasteiger partial charge is 0.248 e. The Labute approximate surface area is 165 Å². The predicted molar refractivity (Wildman–Crippen MR) is 109 cm³/mol. The molecule has 2 aliphatic rings. The van der Waals surface area contributed by atoms with Crippen LogP contribution in [0.5, 0.6) is 0 Å². The lowest BCUT2D eigenvalue weighted by Gasteiger charge is -2.24. The highest BCUT2D eigenvalue weighted by molar-refractivity contribution is 5.89. The van der Waals surface area contributed by atoms with Gasteiger partial charge >= 0.3 is 0 Å². The zero-order valence-electron chi connectivity index (χ0n) is 15.4. The third-order valence-corrected chi connectivity index (χ3v) is 5.38. The van der Waals surface area contributed by atoms with Gasteiger partial charge in [-0.05, 0) is 64.1 Å². The largest absolute Gasteiger partial charge is 0.368 e. The average molecular weight is 389 g/mol. The standard InChI is InChI=1S/C24H17F2NO2/c25-17-4-6-19-16(11-17)13-29-23-12-18(26)5-7-20(23)21(19)9-14-1-2-15-3-8-24(28)27-22(15)10-14/h1-12,20,23H,13H2,(H,27,28)/b21-9+. The first-order valence-corrected chi connectivity index (χ1v) is 9.37. The number of pyridine rings is 1. The fourth-order valence-electron chi connectivity index (χ4n) is 3.99. The van der Waals surface area contributed by atoms with Crippen molar-refractivity contribution in [2.75, 3.05) is 0 Å². The van der Waals surface area contributed by atoms with Gasteiger partial charge in [-0.3, -0.25) is 4.79 Å². The van der Waals surface area contributed by atoms with E-state index < -0.39 is 6.10 Å². The first kappa shape index (κ1) is 17.8. The molecule has 0 saturated carbocycles. The third kappa shape index (κ3) is 3.34. The molecule has 0 saturated heterocycles. The van der Waals surface area contributed by atoms with Gasteiger partial charge in [0, 0.05) is 17.5 Å². The Kier molecular flexibility index (Phi) is 4.25. The first-order chi connectivity index (χ1) is 14.1. The third-order valence-electron chi connectivity index (χ3n) is 5.38. The lowest BCUT2D eigenvalue weighted by Crippen LogP contribution is -2.21. The minimum atomic E-state index is -0.470. The summed E-state index contributed by atoms with van der Waals surface area (Å²) in [5, 5.41) is 0.930. The minimum Gasteiger partial charge on any atom is -0.368 e. The summed E-state index contributed by atoms with van der Waals surface area (Å²) in [6.45, 7) is 0.203. The number of hydrogen-bond donors (Lipinski definition) is 1. The van der Waals surface area contributed by atoms with E-state index in [0.29, 0.717) is 0 Å². The quantitative estimate of drug-likeness (QED) is 0.626. The van der Waals surface area contributed by atoms with Crippen LogP contribution in [0.1, 0.15) is 16.7 Å². The summed E-state index contributed by atoms with van der Waals surface area (Å²) < 4.78 is 33.5. The molecule has 2 aromatic carbocycles. The van der Waals surface area contributed by atoms with Crippen molar-refractivity contribution in [2.45, 2.75) is 12.7 Å². The number of allylic oxidation sites excluding steroid dienone is 2. The number of nitrogens with one attached hydrogen (secondary N) is 1. The number of ether oxygens (including phenoxy) is 1. The number of fused-ring (bicyclic) bond motifs is 3. The molecular weight excluding hydrogens is 372 g/mol. The summed E-state index contributed by atoms with van der Waals surface area (Å²) >= 11 is 0. The van der Waals surface area contributed by atoms with Crippen molar-refractivity contribution < 1.29 is 13.5 Å². The number of benzene rings is 2. The van der Waals surface area contributed by atoms with E-state index >= 15 is 0 Å². The van der Waals surface area contributed by atoms with Gasteiger partial charge in [0.1, 0.15) is 11.6 Å². The van der Waals surface area contributed by atoms with Gasteiger partial charge in [-0.2, -0.15) is 0 Å². The van der Waals surface area contributed by atoms with E-state index in [0.717, 1.165) is 33.2 Å². The van der Waals surface area contributed by atoms with Gasteiger partial charge in [0.2, 0.25) is 5.56 Å². The molecule has 1 aliphatic carbocycles. The van der Waals surface area contributed by atoms with Crippen LogP contribution in [0.25, 0.3) is 22.6 Å². The summed E-state index contributed by atoms with van der Waals surface area (Å²) in [7, 11) is 0. The van der Waals surface area contributed by atoms with Crippen LogP contribution in [0.4, 0.5) is 8.78 Å². The lowest BCUT2D eigenvalue weighted by molar-refractivity contribution is 0.0599. The zero-order valence-corrected chi connectivity index (χ0v) is 15.4. The Morgan fingerprint density at radius 3 is 2.83 bits per heavy atom. The summed E-state index contributed by atoms with van der Waals surface area (Å²) in [5.74, 6) is -0.880. The molecule has 2 unspecified atom stereocenters. The highest BCUT2D eigenvalue weighted by atomic mass is 19.1. The molecule has 0 radical (unpaired) electrons. The molecule has 3 aromatic rings. The molecule has 29 heavy (non-hydrogen) atoms. The van der Waals surface area contributed by atoms with Crippen LogP contribution in [0, 0.1) is 11.7 Å². The molecule has 0 fully saturated rings. The molecule has 1 aliphatic heterocycles. The average Bonchev–Trinajstić information content (AvgIpc) is 2.84. The number of aromatic amines is 1. The van der Waals surface area contributed by atoms with Gasteiger partial charge in [0.25, 0.3) is 0 Å². The Morgan fingerprint density at radius 2 is 1.93 bits per heavy atom. The van der Waals surface area contributed by atoms with Crippen molar-refractivity contribution in [3.63, 3.8) is 0 Å². The SMILES string of the molecule is O=c1ccc2ccc(/C=C3\c4ccc(F)cc4COC4C=C(F)C=CC34)cc2[nH]1. The van der Waals surface area contributed by atoms with Crippen molar-refractivity contribution in [2.24, 2.45) is 5.92 Å². The van der Waals surface area contributed by atoms with Crippen LogP contribution in [0.15, 0.2) is 77.4 Å². The Morgan fingerprint density at radius 1 is 1.07 bits per heavy atom. The molecule has 2 atom stereocenters. The molecule has 1 aromatic heterocycles. The second kappa shape index (κ2) is 6.94. The summed E-state index contributed by atoms with van der Waals surface area (Å²) in [6.07, 6.45) is 6.20. The molecule has 0 spiro atoms. The van der Waals surface area contributed by atoms with E-state index in [4.69, 9.17) is 4.74 Å². The van der Waals surface area contributed by atoms with Gasteiger partial charge in [-0.1, -0.05) is 30.4 Å². The maximum atomic E-state index is 13.8. The monoisotopic (exact) mass is 389 g/mol.